The van der Waals surface area contributed by atoms with Crippen molar-refractivity contribution < 1.29 is 13.2 Å². The minimum Gasteiger partial charge on any atom is -0.439 e. The van der Waals surface area contributed by atoms with Gasteiger partial charge in [0.2, 0.25) is 11.8 Å². The smallest absolute Gasteiger partial charge is 0.224 e. The number of anilines is 1. The molecular weight excluding hydrogens is 266 g/mol. The molecule has 0 atom stereocenters. The van der Waals surface area contributed by atoms with Crippen molar-refractivity contribution in [3.63, 3.8) is 0 Å². The molecule has 0 saturated heterocycles. The van der Waals surface area contributed by atoms with Gasteiger partial charge in [0.25, 0.3) is 0 Å². The molecule has 0 aliphatic carbocycles. The lowest BCUT2D eigenvalue weighted by Crippen LogP contribution is -2.00. The molecule has 1 aromatic heterocycles. The zero-order valence-corrected chi connectivity index (χ0v) is 11.3. The summed E-state index contributed by atoms with van der Waals surface area (Å²) in [6.45, 7) is 1.76. The van der Waals surface area contributed by atoms with Crippen molar-refractivity contribution in [2.75, 3.05) is 12.0 Å². The van der Waals surface area contributed by atoms with E-state index in [0.717, 1.165) is 6.26 Å². The third kappa shape index (κ3) is 3.41. The van der Waals surface area contributed by atoms with Gasteiger partial charge in [-0.05, 0) is 25.1 Å². The van der Waals surface area contributed by atoms with Crippen LogP contribution < -0.4 is 10.5 Å². The summed E-state index contributed by atoms with van der Waals surface area (Å²) in [6, 6.07) is 7.79. The van der Waals surface area contributed by atoms with Gasteiger partial charge in [-0.3, -0.25) is 0 Å². The summed E-state index contributed by atoms with van der Waals surface area (Å²) in [4.78, 5) is 8.02. The van der Waals surface area contributed by atoms with Crippen LogP contribution in [0.1, 0.15) is 5.69 Å². The zero-order chi connectivity index (χ0) is 14.0. The molecule has 100 valence electrons. The standard InChI is InChI=1S/C12H13N3O3S/c1-8-6-11(15-12(13)14-8)18-9-4-3-5-10(7-9)19(2,16)17/h3-7H,1-2H3,(H2,13,14,15). The number of hydrogen-bond acceptors (Lipinski definition) is 6. The van der Waals surface area contributed by atoms with Crippen LogP contribution >= 0.6 is 0 Å². The quantitative estimate of drug-likeness (QED) is 0.916. The number of sulfone groups is 1. The average Bonchev–Trinajstić information content (AvgIpc) is 2.26. The van der Waals surface area contributed by atoms with Crippen molar-refractivity contribution in [2.24, 2.45) is 0 Å². The van der Waals surface area contributed by atoms with Crippen molar-refractivity contribution in [1.29, 1.82) is 0 Å². The molecule has 6 nitrogen and oxygen atoms in total. The number of rotatable bonds is 3. The molecule has 0 fully saturated rings. The molecular formula is C12H13N3O3S. The summed E-state index contributed by atoms with van der Waals surface area (Å²) in [5.41, 5.74) is 6.18. The highest BCUT2D eigenvalue weighted by Crippen LogP contribution is 2.23. The predicted octanol–water partition coefficient (Wildman–Crippen LogP) is 1.56. The number of nitrogen functional groups attached to an aromatic ring is 1. The van der Waals surface area contributed by atoms with E-state index in [9.17, 15) is 8.42 Å². The number of aromatic nitrogens is 2. The monoisotopic (exact) mass is 279 g/mol. The summed E-state index contributed by atoms with van der Waals surface area (Å²) in [6.07, 6.45) is 1.14. The Bertz CT molecular complexity index is 694. The first kappa shape index (κ1) is 13.3. The molecule has 0 bridgehead atoms. The van der Waals surface area contributed by atoms with Gasteiger partial charge in [0.1, 0.15) is 5.75 Å². The van der Waals surface area contributed by atoms with E-state index in [-0.39, 0.29) is 16.7 Å². The summed E-state index contributed by atoms with van der Waals surface area (Å²) < 4.78 is 28.4. The van der Waals surface area contributed by atoms with Gasteiger partial charge in [-0.25, -0.2) is 13.4 Å². The first-order valence-corrected chi connectivity index (χ1v) is 7.33. The Hall–Kier alpha value is -2.15. The Morgan fingerprint density at radius 3 is 2.58 bits per heavy atom. The maximum atomic E-state index is 11.4. The molecule has 19 heavy (non-hydrogen) atoms. The maximum absolute atomic E-state index is 11.4. The first-order valence-electron chi connectivity index (χ1n) is 5.44. The van der Waals surface area contributed by atoms with Crippen molar-refractivity contribution in [2.45, 2.75) is 11.8 Å². The first-order chi connectivity index (χ1) is 8.84. The SMILES string of the molecule is Cc1cc(Oc2cccc(S(C)(=O)=O)c2)nc(N)n1. The van der Waals surface area contributed by atoms with Gasteiger partial charge < -0.3 is 10.5 Å². The van der Waals surface area contributed by atoms with E-state index in [1.165, 1.54) is 12.1 Å². The molecule has 0 unspecified atom stereocenters. The summed E-state index contributed by atoms with van der Waals surface area (Å²) in [5, 5.41) is 0. The molecule has 7 heteroatoms. The predicted molar refractivity (Wildman–Crippen MR) is 70.8 cm³/mol. The van der Waals surface area contributed by atoms with Crippen LogP contribution in [0.15, 0.2) is 35.2 Å². The Balaban J connectivity index is 2.33. The highest BCUT2D eigenvalue weighted by atomic mass is 32.2. The van der Waals surface area contributed by atoms with E-state index in [1.807, 2.05) is 0 Å². The van der Waals surface area contributed by atoms with E-state index in [0.29, 0.717) is 11.4 Å². The number of ether oxygens (including phenoxy) is 1. The number of aryl methyl sites for hydroxylation is 1. The lowest BCUT2D eigenvalue weighted by atomic mass is 10.3. The van der Waals surface area contributed by atoms with Crippen molar-refractivity contribution >= 4 is 15.8 Å². The van der Waals surface area contributed by atoms with E-state index in [1.54, 1.807) is 25.1 Å². The molecule has 0 saturated carbocycles. The molecule has 0 radical (unpaired) electrons. The topological polar surface area (TPSA) is 95.2 Å². The van der Waals surface area contributed by atoms with Crippen LogP contribution in [0, 0.1) is 6.92 Å². The van der Waals surface area contributed by atoms with Crippen molar-refractivity contribution in [3.8, 4) is 11.6 Å². The Kier molecular flexibility index (Phi) is 3.39. The Labute approximate surface area is 111 Å². The molecule has 0 spiro atoms. The van der Waals surface area contributed by atoms with Crippen molar-refractivity contribution in [3.05, 3.63) is 36.0 Å². The van der Waals surface area contributed by atoms with Gasteiger partial charge in [0, 0.05) is 18.0 Å². The fourth-order valence-electron chi connectivity index (χ4n) is 1.50. The second-order valence-electron chi connectivity index (χ2n) is 4.05. The van der Waals surface area contributed by atoms with Crippen molar-refractivity contribution in [1.82, 2.24) is 9.97 Å². The fourth-order valence-corrected chi connectivity index (χ4v) is 2.16. The minimum atomic E-state index is -3.27. The molecule has 2 rings (SSSR count). The van der Waals surface area contributed by atoms with Gasteiger partial charge >= 0.3 is 0 Å². The third-order valence-electron chi connectivity index (χ3n) is 2.30. The van der Waals surface area contributed by atoms with Gasteiger partial charge in [-0.1, -0.05) is 6.07 Å². The number of benzene rings is 1. The van der Waals surface area contributed by atoms with E-state index >= 15 is 0 Å². The fraction of sp³-hybridized carbons (Fsp3) is 0.167. The molecule has 1 aromatic carbocycles. The molecule has 0 amide bonds. The second kappa shape index (κ2) is 4.85. The van der Waals surface area contributed by atoms with E-state index < -0.39 is 9.84 Å². The third-order valence-corrected chi connectivity index (χ3v) is 3.41. The Morgan fingerprint density at radius 1 is 1.21 bits per heavy atom. The van der Waals surface area contributed by atoms with Crippen LogP contribution in [0.25, 0.3) is 0 Å². The van der Waals surface area contributed by atoms with E-state index in [4.69, 9.17) is 10.5 Å². The molecule has 1 heterocycles. The lowest BCUT2D eigenvalue weighted by Gasteiger charge is -2.07. The summed E-state index contributed by atoms with van der Waals surface area (Å²) >= 11 is 0. The Morgan fingerprint density at radius 2 is 1.95 bits per heavy atom. The van der Waals surface area contributed by atoms with Gasteiger partial charge in [0.15, 0.2) is 9.84 Å². The van der Waals surface area contributed by atoms with Crippen LogP contribution in [-0.4, -0.2) is 24.6 Å². The second-order valence-corrected chi connectivity index (χ2v) is 6.07. The van der Waals surface area contributed by atoms with Crippen LogP contribution in [0.3, 0.4) is 0 Å². The highest BCUT2D eigenvalue weighted by Gasteiger charge is 2.09. The molecule has 2 N–H and O–H groups in total. The maximum Gasteiger partial charge on any atom is 0.224 e. The zero-order valence-electron chi connectivity index (χ0n) is 10.5. The number of nitrogens with two attached hydrogens (primary N) is 1. The van der Waals surface area contributed by atoms with Crippen LogP contribution in [0.5, 0.6) is 11.6 Å². The van der Waals surface area contributed by atoms with E-state index in [2.05, 4.69) is 9.97 Å². The molecule has 0 aliphatic rings. The van der Waals surface area contributed by atoms with Crippen LogP contribution in [0.2, 0.25) is 0 Å². The van der Waals surface area contributed by atoms with Gasteiger partial charge in [0.05, 0.1) is 4.90 Å². The van der Waals surface area contributed by atoms with Crippen LogP contribution in [0.4, 0.5) is 5.95 Å². The lowest BCUT2D eigenvalue weighted by molar-refractivity contribution is 0.460. The normalized spacial score (nSPS) is 11.3. The van der Waals surface area contributed by atoms with Gasteiger partial charge in [-0.2, -0.15) is 4.98 Å². The van der Waals surface area contributed by atoms with Gasteiger partial charge in [-0.15, -0.1) is 0 Å². The number of hydrogen-bond donors (Lipinski definition) is 1. The molecule has 0 aliphatic heterocycles. The summed E-state index contributed by atoms with van der Waals surface area (Å²) in [5.74, 6) is 0.755. The van der Waals surface area contributed by atoms with Crippen LogP contribution in [-0.2, 0) is 9.84 Å². The largest absolute Gasteiger partial charge is 0.439 e. The minimum absolute atomic E-state index is 0.106. The molecule has 2 aromatic rings. The summed E-state index contributed by atoms with van der Waals surface area (Å²) in [7, 11) is -3.27. The number of nitrogens with zero attached hydrogens (tertiary/aromatic N) is 2. The average molecular weight is 279 g/mol. The highest BCUT2D eigenvalue weighted by molar-refractivity contribution is 7.90.